The highest BCUT2D eigenvalue weighted by Gasteiger charge is 2.56. The summed E-state index contributed by atoms with van der Waals surface area (Å²) < 4.78 is 38.3. The van der Waals surface area contributed by atoms with Crippen molar-refractivity contribution in [2.24, 2.45) is 5.73 Å². The number of rotatable bonds is 2. The van der Waals surface area contributed by atoms with Gasteiger partial charge in [-0.1, -0.05) is 0 Å². The van der Waals surface area contributed by atoms with E-state index in [1.54, 1.807) is 0 Å². The number of hydrogen-bond donors (Lipinski definition) is 1. The van der Waals surface area contributed by atoms with E-state index in [4.69, 9.17) is 5.73 Å². The van der Waals surface area contributed by atoms with Crippen LogP contribution in [0, 0.1) is 0 Å². The number of likely N-dealkylation sites (tertiary alicyclic amines) is 2. The molecule has 0 aliphatic carbocycles. The minimum absolute atomic E-state index is 0.190. The molecule has 0 aromatic rings. The minimum atomic E-state index is -4.71. The van der Waals surface area contributed by atoms with Gasteiger partial charge in [0.05, 0.1) is 0 Å². The van der Waals surface area contributed by atoms with Crippen LogP contribution in [0.2, 0.25) is 0 Å². The fourth-order valence-electron chi connectivity index (χ4n) is 2.78. The topological polar surface area (TPSA) is 49.6 Å². The number of nitrogens with two attached hydrogens (primary N) is 1. The summed E-state index contributed by atoms with van der Waals surface area (Å²) in [5, 5.41) is 0. The van der Waals surface area contributed by atoms with Gasteiger partial charge >= 0.3 is 6.18 Å². The fourth-order valence-corrected chi connectivity index (χ4v) is 2.78. The van der Waals surface area contributed by atoms with E-state index in [0.717, 1.165) is 39.3 Å². The van der Waals surface area contributed by atoms with E-state index in [0.29, 0.717) is 13.1 Å². The molecule has 2 saturated heterocycles. The van der Waals surface area contributed by atoms with Gasteiger partial charge in [-0.2, -0.15) is 13.2 Å². The third-order valence-corrected chi connectivity index (χ3v) is 4.14. The van der Waals surface area contributed by atoms with E-state index in [9.17, 15) is 18.0 Å². The molecule has 2 aliphatic heterocycles. The van der Waals surface area contributed by atoms with Crippen molar-refractivity contribution in [1.29, 1.82) is 0 Å². The summed E-state index contributed by atoms with van der Waals surface area (Å²) in [4.78, 5) is 15.5. The van der Waals surface area contributed by atoms with Gasteiger partial charge in [-0.05, 0) is 39.3 Å². The molecule has 1 amide bonds. The molecule has 0 spiro atoms. The molecule has 0 aromatic carbocycles. The van der Waals surface area contributed by atoms with E-state index in [1.807, 2.05) is 0 Å². The molecule has 110 valence electrons. The molecule has 2 N–H and O–H groups in total. The van der Waals surface area contributed by atoms with Gasteiger partial charge < -0.3 is 10.6 Å². The Balaban J connectivity index is 1.98. The molecule has 2 aliphatic rings. The van der Waals surface area contributed by atoms with Crippen LogP contribution in [-0.4, -0.2) is 59.6 Å². The Morgan fingerprint density at radius 1 is 1.21 bits per heavy atom. The van der Waals surface area contributed by atoms with Gasteiger partial charge in [0.2, 0.25) is 0 Å². The summed E-state index contributed by atoms with van der Waals surface area (Å²) in [5.41, 5.74) is 2.40. The maximum Gasteiger partial charge on any atom is 0.415 e. The molecular weight excluding hydrogens is 259 g/mol. The number of carbonyl (C=O) groups is 1. The smallest absolute Gasteiger partial charge is 0.339 e. The molecular formula is C12H20F3N3O. The molecule has 0 saturated carbocycles. The Kier molecular flexibility index (Phi) is 3.79. The third-order valence-electron chi connectivity index (χ3n) is 4.14. The van der Waals surface area contributed by atoms with Crippen LogP contribution in [0.25, 0.3) is 0 Å². The van der Waals surface area contributed by atoms with E-state index in [2.05, 4.69) is 4.90 Å². The van der Waals surface area contributed by atoms with Gasteiger partial charge in [0.15, 0.2) is 5.54 Å². The lowest BCUT2D eigenvalue weighted by atomic mass is 10.0. The average Bonchev–Trinajstić information content (AvgIpc) is 2.97. The number of nitrogens with zero attached hydrogens (tertiary/aromatic N) is 2. The van der Waals surface area contributed by atoms with Crippen molar-refractivity contribution in [2.75, 3.05) is 26.2 Å². The molecule has 0 aromatic heterocycles. The Hall–Kier alpha value is -0.820. The van der Waals surface area contributed by atoms with Gasteiger partial charge in [-0.15, -0.1) is 0 Å². The van der Waals surface area contributed by atoms with Crippen LogP contribution < -0.4 is 5.73 Å². The summed E-state index contributed by atoms with van der Waals surface area (Å²) in [7, 11) is 0. The van der Waals surface area contributed by atoms with Crippen LogP contribution in [0.15, 0.2) is 0 Å². The number of halogens is 3. The zero-order chi connectivity index (χ0) is 14.3. The van der Waals surface area contributed by atoms with Crippen LogP contribution in [-0.2, 0) is 4.79 Å². The summed E-state index contributed by atoms with van der Waals surface area (Å²) in [6.07, 6.45) is -1.72. The van der Waals surface area contributed by atoms with E-state index in [-0.39, 0.29) is 6.04 Å². The summed E-state index contributed by atoms with van der Waals surface area (Å²) >= 11 is 0. The first-order valence-electron chi connectivity index (χ1n) is 6.62. The number of hydrogen-bond acceptors (Lipinski definition) is 3. The van der Waals surface area contributed by atoms with Crippen molar-refractivity contribution in [2.45, 2.75) is 43.9 Å². The lowest BCUT2D eigenvalue weighted by Crippen LogP contribution is -2.62. The number of carbonyl (C=O) groups excluding carboxylic acids is 1. The predicted molar refractivity (Wildman–Crippen MR) is 64.4 cm³/mol. The number of amides is 1. The third kappa shape index (κ3) is 2.72. The minimum Gasteiger partial charge on any atom is -0.339 e. The molecule has 19 heavy (non-hydrogen) atoms. The molecule has 2 atom stereocenters. The van der Waals surface area contributed by atoms with Crippen molar-refractivity contribution >= 4 is 5.91 Å². The zero-order valence-electron chi connectivity index (χ0n) is 11.0. The second-order valence-electron chi connectivity index (χ2n) is 5.64. The maximum absolute atomic E-state index is 12.8. The van der Waals surface area contributed by atoms with Crippen LogP contribution in [0.1, 0.15) is 26.2 Å². The van der Waals surface area contributed by atoms with E-state index < -0.39 is 17.6 Å². The molecule has 0 bridgehead atoms. The fraction of sp³-hybridized carbons (Fsp3) is 0.917. The standard InChI is InChI=1S/C12H20F3N3O/c1-11(16,12(13,14)15)10(19)18-7-4-9(8-18)17-5-2-3-6-17/h9H,2-8,16H2,1H3. The van der Waals surface area contributed by atoms with Gasteiger partial charge in [0, 0.05) is 19.1 Å². The zero-order valence-corrected chi connectivity index (χ0v) is 11.0. The van der Waals surface area contributed by atoms with Crippen molar-refractivity contribution in [1.82, 2.24) is 9.80 Å². The van der Waals surface area contributed by atoms with Gasteiger partial charge in [-0.3, -0.25) is 9.69 Å². The summed E-state index contributed by atoms with van der Waals surface area (Å²) in [5.74, 6) is -1.01. The van der Waals surface area contributed by atoms with Crippen molar-refractivity contribution in [3.8, 4) is 0 Å². The SMILES string of the molecule is CC(N)(C(=O)N1CCC(N2CCCC2)C1)C(F)(F)F. The number of alkyl halides is 3. The summed E-state index contributed by atoms with van der Waals surface area (Å²) in [6, 6.07) is 0.190. The van der Waals surface area contributed by atoms with Gasteiger partial charge in [0.1, 0.15) is 0 Å². The molecule has 2 heterocycles. The largest absolute Gasteiger partial charge is 0.415 e. The van der Waals surface area contributed by atoms with Crippen molar-refractivity contribution in [3.63, 3.8) is 0 Å². The lowest BCUT2D eigenvalue weighted by molar-refractivity contribution is -0.193. The maximum atomic E-state index is 12.8. The normalized spacial score (nSPS) is 28.7. The molecule has 2 unspecified atom stereocenters. The highest BCUT2D eigenvalue weighted by atomic mass is 19.4. The van der Waals surface area contributed by atoms with Crippen molar-refractivity contribution < 1.29 is 18.0 Å². The van der Waals surface area contributed by atoms with E-state index in [1.165, 1.54) is 4.90 Å². The lowest BCUT2D eigenvalue weighted by Gasteiger charge is -2.31. The second-order valence-corrected chi connectivity index (χ2v) is 5.64. The van der Waals surface area contributed by atoms with Crippen LogP contribution >= 0.6 is 0 Å². The first-order valence-corrected chi connectivity index (χ1v) is 6.62. The van der Waals surface area contributed by atoms with Crippen molar-refractivity contribution in [3.05, 3.63) is 0 Å². The van der Waals surface area contributed by atoms with Crippen LogP contribution in [0.3, 0.4) is 0 Å². The highest BCUT2D eigenvalue weighted by molar-refractivity contribution is 5.87. The molecule has 4 nitrogen and oxygen atoms in total. The van der Waals surface area contributed by atoms with Crippen LogP contribution in [0.4, 0.5) is 13.2 Å². The highest BCUT2D eigenvalue weighted by Crippen LogP contribution is 2.31. The monoisotopic (exact) mass is 279 g/mol. The van der Waals surface area contributed by atoms with E-state index >= 15 is 0 Å². The first kappa shape index (κ1) is 14.6. The predicted octanol–water partition coefficient (Wildman–Crippen LogP) is 0.963. The Morgan fingerprint density at radius 3 is 2.32 bits per heavy atom. The molecule has 2 rings (SSSR count). The Morgan fingerprint density at radius 2 is 1.79 bits per heavy atom. The second kappa shape index (κ2) is 4.94. The van der Waals surface area contributed by atoms with Crippen LogP contribution in [0.5, 0.6) is 0 Å². The van der Waals surface area contributed by atoms with Gasteiger partial charge in [0.25, 0.3) is 5.91 Å². The molecule has 2 fully saturated rings. The Labute approximate surface area is 110 Å². The average molecular weight is 279 g/mol. The molecule has 0 radical (unpaired) electrons. The van der Waals surface area contributed by atoms with Gasteiger partial charge in [-0.25, -0.2) is 0 Å². The first-order chi connectivity index (χ1) is 8.73. The Bertz CT molecular complexity index is 351. The quantitative estimate of drug-likeness (QED) is 0.819. The molecule has 7 heteroatoms. The summed E-state index contributed by atoms with van der Waals surface area (Å²) in [6.45, 7) is 3.43.